The Morgan fingerprint density at radius 1 is 1.33 bits per heavy atom. The number of thiophene rings is 1. The summed E-state index contributed by atoms with van der Waals surface area (Å²) in [4.78, 5) is 13.3. The van der Waals surface area contributed by atoms with Crippen LogP contribution < -0.4 is 11.1 Å². The molecule has 3 N–H and O–H groups in total. The highest BCUT2D eigenvalue weighted by molar-refractivity contribution is 7.10. The molecule has 1 unspecified atom stereocenters. The standard InChI is InChI=1S/C14H16N2OS/c1-9-5-3-6-11(13(9)15)14(17)16-10(2)12-7-4-8-18-12/h3-8,10H,15H2,1-2H3,(H,16,17). The smallest absolute Gasteiger partial charge is 0.253 e. The highest BCUT2D eigenvalue weighted by Gasteiger charge is 2.14. The second kappa shape index (κ2) is 5.23. The normalized spacial score (nSPS) is 12.1. The van der Waals surface area contributed by atoms with Crippen molar-refractivity contribution in [2.24, 2.45) is 0 Å². The second-order valence-corrected chi connectivity index (χ2v) is 5.23. The van der Waals surface area contributed by atoms with E-state index >= 15 is 0 Å². The van der Waals surface area contributed by atoms with Gasteiger partial charge in [0.2, 0.25) is 0 Å². The van der Waals surface area contributed by atoms with E-state index in [1.165, 1.54) is 0 Å². The fourth-order valence-electron chi connectivity index (χ4n) is 1.76. The summed E-state index contributed by atoms with van der Waals surface area (Å²) in [5, 5.41) is 4.96. The number of benzene rings is 1. The third kappa shape index (κ3) is 2.54. The number of carbonyl (C=O) groups excluding carboxylic acids is 1. The van der Waals surface area contributed by atoms with Crippen molar-refractivity contribution < 1.29 is 4.79 Å². The number of carbonyl (C=O) groups is 1. The van der Waals surface area contributed by atoms with Gasteiger partial charge in [0, 0.05) is 10.6 Å². The number of rotatable bonds is 3. The molecule has 0 aliphatic rings. The average molecular weight is 260 g/mol. The molecule has 94 valence electrons. The van der Waals surface area contributed by atoms with Crippen molar-refractivity contribution in [3.63, 3.8) is 0 Å². The molecular weight excluding hydrogens is 244 g/mol. The zero-order valence-electron chi connectivity index (χ0n) is 10.4. The van der Waals surface area contributed by atoms with Crippen LogP contribution in [0.1, 0.15) is 33.8 Å². The van der Waals surface area contributed by atoms with Gasteiger partial charge >= 0.3 is 0 Å². The average Bonchev–Trinajstić information content (AvgIpc) is 2.86. The largest absolute Gasteiger partial charge is 0.398 e. The Morgan fingerprint density at radius 3 is 2.78 bits per heavy atom. The number of nitrogen functional groups attached to an aromatic ring is 1. The quantitative estimate of drug-likeness (QED) is 0.833. The number of hydrogen-bond donors (Lipinski definition) is 2. The molecule has 3 nitrogen and oxygen atoms in total. The predicted molar refractivity (Wildman–Crippen MR) is 75.8 cm³/mol. The minimum Gasteiger partial charge on any atom is -0.398 e. The minimum atomic E-state index is -0.128. The number of anilines is 1. The van der Waals surface area contributed by atoms with Gasteiger partial charge in [-0.1, -0.05) is 18.2 Å². The van der Waals surface area contributed by atoms with Crippen LogP contribution in [-0.2, 0) is 0 Å². The number of aryl methyl sites for hydroxylation is 1. The van der Waals surface area contributed by atoms with Gasteiger partial charge in [-0.05, 0) is 36.9 Å². The Balaban J connectivity index is 2.15. The SMILES string of the molecule is Cc1cccc(C(=O)NC(C)c2cccs2)c1N. The van der Waals surface area contributed by atoms with Crippen LogP contribution in [0.25, 0.3) is 0 Å². The molecule has 0 radical (unpaired) electrons. The lowest BCUT2D eigenvalue weighted by atomic mass is 10.1. The molecule has 0 spiro atoms. The van der Waals surface area contributed by atoms with Crippen molar-refractivity contribution in [3.8, 4) is 0 Å². The van der Waals surface area contributed by atoms with Gasteiger partial charge in [0.15, 0.2) is 0 Å². The van der Waals surface area contributed by atoms with Gasteiger partial charge in [-0.3, -0.25) is 4.79 Å². The minimum absolute atomic E-state index is 0.00240. The monoisotopic (exact) mass is 260 g/mol. The van der Waals surface area contributed by atoms with E-state index in [1.54, 1.807) is 17.4 Å². The highest BCUT2D eigenvalue weighted by Crippen LogP contribution is 2.21. The summed E-state index contributed by atoms with van der Waals surface area (Å²) in [6, 6.07) is 9.47. The van der Waals surface area contributed by atoms with Crippen molar-refractivity contribution in [3.05, 3.63) is 51.7 Å². The van der Waals surface area contributed by atoms with E-state index in [9.17, 15) is 4.79 Å². The summed E-state index contributed by atoms with van der Waals surface area (Å²) in [6.07, 6.45) is 0. The lowest BCUT2D eigenvalue weighted by Crippen LogP contribution is -2.27. The summed E-state index contributed by atoms with van der Waals surface area (Å²) < 4.78 is 0. The van der Waals surface area contributed by atoms with Crippen LogP contribution in [0.3, 0.4) is 0 Å². The van der Waals surface area contributed by atoms with E-state index in [1.807, 2.05) is 43.5 Å². The number of amides is 1. The molecule has 2 aromatic rings. The first-order valence-corrected chi connectivity index (χ1v) is 6.67. The topological polar surface area (TPSA) is 55.1 Å². The van der Waals surface area contributed by atoms with Crippen LogP contribution >= 0.6 is 11.3 Å². The molecule has 0 saturated carbocycles. The molecule has 0 bridgehead atoms. The summed E-state index contributed by atoms with van der Waals surface area (Å²) in [5.41, 5.74) is 7.93. The van der Waals surface area contributed by atoms with Crippen LogP contribution in [0, 0.1) is 6.92 Å². The molecule has 1 amide bonds. The van der Waals surface area contributed by atoms with Crippen LogP contribution in [0.4, 0.5) is 5.69 Å². The Kier molecular flexibility index (Phi) is 3.67. The molecule has 1 heterocycles. The van der Waals surface area contributed by atoms with Gasteiger partial charge in [-0.15, -0.1) is 11.3 Å². The number of hydrogen-bond acceptors (Lipinski definition) is 3. The molecule has 4 heteroatoms. The van der Waals surface area contributed by atoms with Crippen molar-refractivity contribution >= 4 is 22.9 Å². The summed E-state index contributed by atoms with van der Waals surface area (Å²) in [7, 11) is 0. The second-order valence-electron chi connectivity index (χ2n) is 4.25. The first kappa shape index (κ1) is 12.6. The molecule has 0 fully saturated rings. The fraction of sp³-hybridized carbons (Fsp3) is 0.214. The van der Waals surface area contributed by atoms with Gasteiger partial charge in [-0.2, -0.15) is 0 Å². The van der Waals surface area contributed by atoms with Gasteiger partial charge in [0.05, 0.1) is 11.6 Å². The zero-order chi connectivity index (χ0) is 13.1. The zero-order valence-corrected chi connectivity index (χ0v) is 11.3. The molecule has 2 rings (SSSR count). The van der Waals surface area contributed by atoms with Crippen LogP contribution in [0.15, 0.2) is 35.7 Å². The van der Waals surface area contributed by atoms with E-state index in [0.29, 0.717) is 11.3 Å². The summed E-state index contributed by atoms with van der Waals surface area (Å²) in [5.74, 6) is -0.128. The summed E-state index contributed by atoms with van der Waals surface area (Å²) >= 11 is 1.63. The van der Waals surface area contributed by atoms with Gasteiger partial charge in [0.25, 0.3) is 5.91 Å². The van der Waals surface area contributed by atoms with Crippen molar-refractivity contribution in [2.45, 2.75) is 19.9 Å². The maximum absolute atomic E-state index is 12.1. The van der Waals surface area contributed by atoms with E-state index in [-0.39, 0.29) is 11.9 Å². The number of para-hydroxylation sites is 1. The van der Waals surface area contributed by atoms with Gasteiger partial charge in [-0.25, -0.2) is 0 Å². The van der Waals surface area contributed by atoms with E-state index in [2.05, 4.69) is 5.32 Å². The Hall–Kier alpha value is -1.81. The maximum Gasteiger partial charge on any atom is 0.253 e. The van der Waals surface area contributed by atoms with Crippen molar-refractivity contribution in [1.29, 1.82) is 0 Å². The molecule has 18 heavy (non-hydrogen) atoms. The third-order valence-electron chi connectivity index (χ3n) is 2.89. The molecule has 1 aromatic heterocycles. The molecule has 0 aliphatic heterocycles. The highest BCUT2D eigenvalue weighted by atomic mass is 32.1. The van der Waals surface area contributed by atoms with Crippen molar-refractivity contribution in [2.75, 3.05) is 5.73 Å². The lowest BCUT2D eigenvalue weighted by molar-refractivity contribution is 0.0941. The Bertz CT molecular complexity index is 549. The molecule has 0 aliphatic carbocycles. The summed E-state index contributed by atoms with van der Waals surface area (Å²) in [6.45, 7) is 3.87. The number of nitrogens with two attached hydrogens (primary N) is 1. The molecule has 0 saturated heterocycles. The van der Waals surface area contributed by atoms with Crippen LogP contribution in [-0.4, -0.2) is 5.91 Å². The molecule has 1 aromatic carbocycles. The van der Waals surface area contributed by atoms with E-state index in [4.69, 9.17) is 5.73 Å². The van der Waals surface area contributed by atoms with Gasteiger partial charge in [0.1, 0.15) is 0 Å². The van der Waals surface area contributed by atoms with Gasteiger partial charge < -0.3 is 11.1 Å². The Morgan fingerprint density at radius 2 is 2.11 bits per heavy atom. The Labute approximate surface area is 111 Å². The van der Waals surface area contributed by atoms with Crippen LogP contribution in [0.2, 0.25) is 0 Å². The fourth-order valence-corrected chi connectivity index (χ4v) is 2.50. The third-order valence-corrected chi connectivity index (χ3v) is 3.94. The number of nitrogens with one attached hydrogen (secondary N) is 1. The van der Waals surface area contributed by atoms with Crippen molar-refractivity contribution in [1.82, 2.24) is 5.32 Å². The van der Waals surface area contributed by atoms with Crippen LogP contribution in [0.5, 0.6) is 0 Å². The first-order chi connectivity index (χ1) is 8.59. The predicted octanol–water partition coefficient (Wildman–Crippen LogP) is 3.13. The van der Waals surface area contributed by atoms with E-state index in [0.717, 1.165) is 10.4 Å². The lowest BCUT2D eigenvalue weighted by Gasteiger charge is -2.14. The first-order valence-electron chi connectivity index (χ1n) is 5.79. The molecular formula is C14H16N2OS. The maximum atomic E-state index is 12.1. The molecule has 1 atom stereocenters. The van der Waals surface area contributed by atoms with E-state index < -0.39 is 0 Å².